The number of anilines is 1. The van der Waals surface area contributed by atoms with Crippen molar-refractivity contribution in [2.24, 2.45) is 0 Å². The zero-order valence-electron chi connectivity index (χ0n) is 13.5. The van der Waals surface area contributed by atoms with Crippen molar-refractivity contribution in [2.45, 2.75) is 19.6 Å². The first-order chi connectivity index (χ1) is 12.0. The van der Waals surface area contributed by atoms with E-state index in [0.717, 1.165) is 5.56 Å². The predicted octanol–water partition coefficient (Wildman–Crippen LogP) is 1.27. The molecule has 1 unspecified atom stereocenters. The highest BCUT2D eigenvalue weighted by Gasteiger charge is 2.13. The van der Waals surface area contributed by atoms with Crippen molar-refractivity contribution < 1.29 is 9.84 Å². The van der Waals surface area contributed by atoms with Crippen LogP contribution in [0, 0.1) is 0 Å². The molecule has 1 aromatic carbocycles. The van der Waals surface area contributed by atoms with Gasteiger partial charge in [-0.05, 0) is 18.6 Å². The highest BCUT2D eigenvalue weighted by molar-refractivity contribution is 5.77. The van der Waals surface area contributed by atoms with Crippen molar-refractivity contribution in [1.29, 1.82) is 0 Å². The Morgan fingerprint density at radius 3 is 2.76 bits per heavy atom. The number of aromatic nitrogens is 4. The molecule has 1 atom stereocenters. The number of aliphatic hydroxyl groups excluding tert-OH is 1. The molecule has 2 heterocycles. The van der Waals surface area contributed by atoms with Gasteiger partial charge in [-0.25, -0.2) is 4.98 Å². The maximum atomic E-state index is 12.1. The molecule has 128 valence electrons. The molecule has 25 heavy (non-hydrogen) atoms. The smallest absolute Gasteiger partial charge is 0.275 e. The fourth-order valence-electron chi connectivity index (χ4n) is 2.15. The van der Waals surface area contributed by atoms with Crippen molar-refractivity contribution in [1.82, 2.24) is 19.9 Å². The van der Waals surface area contributed by atoms with E-state index in [1.54, 1.807) is 6.92 Å². The molecule has 0 aliphatic carbocycles. The number of nitrogen functional groups attached to an aromatic ring is 1. The van der Waals surface area contributed by atoms with Gasteiger partial charge in [-0.2, -0.15) is 9.97 Å². The van der Waals surface area contributed by atoms with E-state index in [-0.39, 0.29) is 35.3 Å². The van der Waals surface area contributed by atoms with Crippen LogP contribution in [0.1, 0.15) is 18.2 Å². The molecule has 0 saturated heterocycles. The molecule has 0 aliphatic heterocycles. The molecule has 0 fully saturated rings. The Morgan fingerprint density at radius 2 is 2.04 bits per heavy atom. The molecule has 0 amide bonds. The van der Waals surface area contributed by atoms with Gasteiger partial charge >= 0.3 is 0 Å². The summed E-state index contributed by atoms with van der Waals surface area (Å²) in [4.78, 5) is 27.0. The van der Waals surface area contributed by atoms with Crippen molar-refractivity contribution in [3.63, 3.8) is 0 Å². The summed E-state index contributed by atoms with van der Waals surface area (Å²) in [5, 5.41) is 9.33. The van der Waals surface area contributed by atoms with Crippen LogP contribution in [0.3, 0.4) is 0 Å². The number of ether oxygens (including phenoxy) is 1. The van der Waals surface area contributed by atoms with Crippen molar-refractivity contribution in [3.8, 4) is 5.88 Å². The van der Waals surface area contributed by atoms with Gasteiger partial charge in [0.2, 0.25) is 11.8 Å². The average Bonchev–Trinajstić information content (AvgIpc) is 2.58. The molecular weight excluding hydrogens is 322 g/mol. The first kappa shape index (κ1) is 16.6. The maximum absolute atomic E-state index is 12.1. The van der Waals surface area contributed by atoms with Gasteiger partial charge in [-0.1, -0.05) is 36.4 Å². The lowest BCUT2D eigenvalue weighted by atomic mass is 10.2. The van der Waals surface area contributed by atoms with Crippen LogP contribution in [-0.2, 0) is 6.61 Å². The number of fused-ring (bicyclic) bond motifs is 1. The van der Waals surface area contributed by atoms with Crippen LogP contribution in [-0.4, -0.2) is 31.1 Å². The third kappa shape index (κ3) is 3.99. The molecule has 4 N–H and O–H groups in total. The summed E-state index contributed by atoms with van der Waals surface area (Å²) in [5.74, 6) is 0.148. The van der Waals surface area contributed by atoms with E-state index in [1.807, 2.05) is 30.3 Å². The lowest BCUT2D eigenvalue weighted by Crippen LogP contribution is -2.15. The van der Waals surface area contributed by atoms with Crippen LogP contribution in [0.15, 0.2) is 41.2 Å². The van der Waals surface area contributed by atoms with Gasteiger partial charge in [0, 0.05) is 0 Å². The number of aromatic amines is 1. The molecule has 0 radical (unpaired) electrons. The molecule has 8 nitrogen and oxygen atoms in total. The highest BCUT2D eigenvalue weighted by atomic mass is 16.5. The van der Waals surface area contributed by atoms with Gasteiger partial charge < -0.3 is 20.6 Å². The quantitative estimate of drug-likeness (QED) is 0.638. The van der Waals surface area contributed by atoms with Crippen LogP contribution >= 0.6 is 0 Å². The van der Waals surface area contributed by atoms with Crippen molar-refractivity contribution in [3.05, 3.63) is 58.0 Å². The third-order valence-corrected chi connectivity index (χ3v) is 3.32. The Balaban J connectivity index is 2.01. The van der Waals surface area contributed by atoms with Gasteiger partial charge in [-0.15, -0.1) is 0 Å². The standard InChI is InChI=1S/C17H17N5O3/c1-10(23)7-8-12-15(24)20-14-13(19-12)16(22-17(18)21-14)25-9-11-5-3-2-4-6-11/h2-8,10,23H,9H2,1H3,(H3,18,20,21,22,24)/b8-7-. The summed E-state index contributed by atoms with van der Waals surface area (Å²) in [6, 6.07) is 9.55. The predicted molar refractivity (Wildman–Crippen MR) is 93.9 cm³/mol. The van der Waals surface area contributed by atoms with Crippen molar-refractivity contribution in [2.75, 3.05) is 5.73 Å². The molecular formula is C17H17N5O3. The summed E-state index contributed by atoms with van der Waals surface area (Å²) in [6.45, 7) is 1.84. The Hall–Kier alpha value is -3.26. The van der Waals surface area contributed by atoms with Gasteiger partial charge in [-0.3, -0.25) is 4.79 Å². The Kier molecular flexibility index (Phi) is 4.71. The minimum Gasteiger partial charge on any atom is -0.471 e. The first-order valence-electron chi connectivity index (χ1n) is 7.63. The summed E-state index contributed by atoms with van der Waals surface area (Å²) < 4.78 is 5.72. The summed E-state index contributed by atoms with van der Waals surface area (Å²) >= 11 is 0. The summed E-state index contributed by atoms with van der Waals surface area (Å²) in [6.07, 6.45) is 2.18. The van der Waals surface area contributed by atoms with Crippen LogP contribution < -0.4 is 16.0 Å². The van der Waals surface area contributed by atoms with Crippen LogP contribution in [0.2, 0.25) is 0 Å². The third-order valence-electron chi connectivity index (χ3n) is 3.32. The van der Waals surface area contributed by atoms with E-state index >= 15 is 0 Å². The Morgan fingerprint density at radius 1 is 1.28 bits per heavy atom. The second-order valence-corrected chi connectivity index (χ2v) is 5.41. The lowest BCUT2D eigenvalue weighted by molar-refractivity contribution is 0.245. The van der Waals surface area contributed by atoms with Crippen molar-refractivity contribution >= 4 is 23.2 Å². The SMILES string of the molecule is CC(O)/C=C\c1nc2c(OCc3ccccc3)nc(N)nc2[nH]c1=O. The van der Waals surface area contributed by atoms with Crippen LogP contribution in [0.4, 0.5) is 5.95 Å². The Labute approximate surface area is 143 Å². The number of aliphatic hydroxyl groups is 1. The van der Waals surface area contributed by atoms with Crippen LogP contribution in [0.5, 0.6) is 5.88 Å². The number of nitrogens with two attached hydrogens (primary N) is 1. The van der Waals surface area contributed by atoms with E-state index in [0.29, 0.717) is 0 Å². The van der Waals surface area contributed by atoms with E-state index in [4.69, 9.17) is 10.5 Å². The fourth-order valence-corrected chi connectivity index (χ4v) is 2.15. The van der Waals surface area contributed by atoms with E-state index in [1.165, 1.54) is 12.2 Å². The average molecular weight is 339 g/mol. The van der Waals surface area contributed by atoms with Gasteiger partial charge in [0.1, 0.15) is 12.3 Å². The molecule has 3 aromatic rings. The number of nitrogens with zero attached hydrogens (tertiary/aromatic N) is 3. The number of nitrogens with one attached hydrogen (secondary N) is 1. The van der Waals surface area contributed by atoms with E-state index in [2.05, 4.69) is 19.9 Å². The lowest BCUT2D eigenvalue weighted by Gasteiger charge is -2.08. The minimum atomic E-state index is -0.701. The number of rotatable bonds is 5. The largest absolute Gasteiger partial charge is 0.471 e. The molecule has 2 aromatic heterocycles. The second kappa shape index (κ2) is 7.10. The zero-order valence-corrected chi connectivity index (χ0v) is 13.5. The van der Waals surface area contributed by atoms with Gasteiger partial charge in [0.25, 0.3) is 5.56 Å². The fraction of sp³-hybridized carbons (Fsp3) is 0.176. The number of H-pyrrole nitrogens is 1. The topological polar surface area (TPSA) is 127 Å². The number of benzene rings is 1. The summed E-state index contributed by atoms with van der Waals surface area (Å²) in [5.41, 5.74) is 6.78. The minimum absolute atomic E-state index is 0.0275. The molecule has 0 saturated carbocycles. The summed E-state index contributed by atoms with van der Waals surface area (Å²) in [7, 11) is 0. The second-order valence-electron chi connectivity index (χ2n) is 5.41. The monoisotopic (exact) mass is 339 g/mol. The van der Waals surface area contributed by atoms with E-state index in [9.17, 15) is 9.90 Å². The first-order valence-corrected chi connectivity index (χ1v) is 7.63. The number of hydrogen-bond acceptors (Lipinski definition) is 7. The maximum Gasteiger partial charge on any atom is 0.275 e. The highest BCUT2D eigenvalue weighted by Crippen LogP contribution is 2.20. The molecule has 0 bridgehead atoms. The van der Waals surface area contributed by atoms with Gasteiger partial charge in [0.15, 0.2) is 11.2 Å². The molecule has 8 heteroatoms. The zero-order chi connectivity index (χ0) is 17.8. The Bertz CT molecular complexity index is 967. The normalized spacial score (nSPS) is 12.6. The molecule has 3 rings (SSSR count). The van der Waals surface area contributed by atoms with E-state index < -0.39 is 11.7 Å². The molecule has 0 aliphatic rings. The van der Waals surface area contributed by atoms with Crippen LogP contribution in [0.25, 0.3) is 17.2 Å². The number of hydrogen-bond donors (Lipinski definition) is 3. The molecule has 0 spiro atoms. The van der Waals surface area contributed by atoms with Gasteiger partial charge in [0.05, 0.1) is 6.10 Å².